The van der Waals surface area contributed by atoms with Crippen molar-refractivity contribution in [2.75, 3.05) is 17.9 Å². The van der Waals surface area contributed by atoms with Crippen molar-refractivity contribution in [2.24, 2.45) is 0 Å². The first-order chi connectivity index (χ1) is 13.9. The Morgan fingerprint density at radius 1 is 1.14 bits per heavy atom. The SMILES string of the molecule is O=C(NC[C@@H]1CCCO1)C1(c2ccc(NS(=O)(=O)c3ccccc3F)cc2)CC1. The van der Waals surface area contributed by atoms with Crippen LogP contribution in [0.5, 0.6) is 0 Å². The minimum atomic E-state index is -4.03. The second kappa shape index (κ2) is 7.76. The zero-order valence-electron chi connectivity index (χ0n) is 15.9. The Bertz CT molecular complexity index is 998. The standard InChI is InChI=1S/C21H23FN2O4S/c22-18-5-1-2-6-19(18)29(26,27)24-16-9-7-15(8-10-16)21(11-12-21)20(25)23-14-17-4-3-13-28-17/h1-2,5-10,17,24H,3-4,11-14H2,(H,23,25)/t17-/m0/s1. The molecule has 2 aromatic rings. The van der Waals surface area contributed by atoms with Crippen LogP contribution in [0.1, 0.15) is 31.2 Å². The Balaban J connectivity index is 1.43. The van der Waals surface area contributed by atoms with Crippen LogP contribution in [0.25, 0.3) is 0 Å². The van der Waals surface area contributed by atoms with Crippen molar-refractivity contribution >= 4 is 21.6 Å². The maximum atomic E-state index is 13.8. The second-order valence-corrected chi connectivity index (χ2v) is 9.19. The van der Waals surface area contributed by atoms with Crippen molar-refractivity contribution in [1.82, 2.24) is 5.32 Å². The summed E-state index contributed by atoms with van der Waals surface area (Å²) in [6.45, 7) is 1.26. The minimum absolute atomic E-state index is 0.0207. The van der Waals surface area contributed by atoms with Crippen LogP contribution in [0.15, 0.2) is 53.4 Å². The first-order valence-electron chi connectivity index (χ1n) is 9.68. The number of halogens is 1. The largest absolute Gasteiger partial charge is 0.376 e. The van der Waals surface area contributed by atoms with Gasteiger partial charge in [-0.1, -0.05) is 24.3 Å². The van der Waals surface area contributed by atoms with E-state index in [1.165, 1.54) is 18.2 Å². The van der Waals surface area contributed by atoms with Crippen LogP contribution >= 0.6 is 0 Å². The van der Waals surface area contributed by atoms with E-state index in [0.717, 1.165) is 43.9 Å². The van der Waals surface area contributed by atoms with Gasteiger partial charge in [-0.3, -0.25) is 9.52 Å². The van der Waals surface area contributed by atoms with E-state index in [-0.39, 0.29) is 12.0 Å². The molecule has 1 aliphatic carbocycles. The fourth-order valence-corrected chi connectivity index (χ4v) is 4.82. The molecule has 0 bridgehead atoms. The number of sulfonamides is 1. The molecular formula is C21H23FN2O4S. The lowest BCUT2D eigenvalue weighted by Crippen LogP contribution is -2.39. The molecule has 1 atom stereocenters. The molecule has 1 saturated heterocycles. The smallest absolute Gasteiger partial charge is 0.264 e. The third-order valence-electron chi connectivity index (χ3n) is 5.51. The molecule has 2 aliphatic rings. The van der Waals surface area contributed by atoms with E-state index in [4.69, 9.17) is 4.74 Å². The summed E-state index contributed by atoms with van der Waals surface area (Å²) in [5.41, 5.74) is 0.602. The Morgan fingerprint density at radius 2 is 1.86 bits per heavy atom. The van der Waals surface area contributed by atoms with E-state index in [1.54, 1.807) is 24.3 Å². The van der Waals surface area contributed by atoms with Gasteiger partial charge in [0.25, 0.3) is 10.0 Å². The highest BCUT2D eigenvalue weighted by Gasteiger charge is 2.51. The van der Waals surface area contributed by atoms with Gasteiger partial charge < -0.3 is 10.1 Å². The first kappa shape index (κ1) is 19.8. The van der Waals surface area contributed by atoms with Crippen LogP contribution in [0, 0.1) is 5.82 Å². The van der Waals surface area contributed by atoms with Crippen LogP contribution in [-0.2, 0) is 25.0 Å². The minimum Gasteiger partial charge on any atom is -0.376 e. The number of amides is 1. The second-order valence-electron chi connectivity index (χ2n) is 7.54. The number of ether oxygens (including phenoxy) is 1. The summed E-state index contributed by atoms with van der Waals surface area (Å²) in [7, 11) is -4.03. The van der Waals surface area contributed by atoms with Gasteiger partial charge in [0.05, 0.1) is 11.5 Å². The lowest BCUT2D eigenvalue weighted by molar-refractivity contribution is -0.124. The number of carbonyl (C=O) groups is 1. The van der Waals surface area contributed by atoms with Crippen LogP contribution in [0.2, 0.25) is 0 Å². The fourth-order valence-electron chi connectivity index (χ4n) is 3.68. The Kier molecular flexibility index (Phi) is 5.31. The molecule has 2 aromatic carbocycles. The number of rotatable bonds is 7. The zero-order chi connectivity index (χ0) is 20.5. The van der Waals surface area contributed by atoms with E-state index in [9.17, 15) is 17.6 Å². The molecule has 6 nitrogen and oxygen atoms in total. The predicted molar refractivity (Wildman–Crippen MR) is 107 cm³/mol. The molecule has 0 radical (unpaired) electrons. The molecule has 0 aromatic heterocycles. The Morgan fingerprint density at radius 3 is 2.48 bits per heavy atom. The molecule has 29 heavy (non-hydrogen) atoms. The summed E-state index contributed by atoms with van der Waals surface area (Å²) < 4.78 is 46.6. The molecule has 154 valence electrons. The molecule has 1 heterocycles. The van der Waals surface area contributed by atoms with E-state index >= 15 is 0 Å². The normalized spacial score (nSPS) is 20.2. The maximum absolute atomic E-state index is 13.8. The van der Waals surface area contributed by atoms with Gasteiger partial charge in [-0.05, 0) is 55.5 Å². The van der Waals surface area contributed by atoms with Gasteiger partial charge in [-0.25, -0.2) is 12.8 Å². The predicted octanol–water partition coefficient (Wildman–Crippen LogP) is 2.95. The monoisotopic (exact) mass is 418 g/mol. The van der Waals surface area contributed by atoms with Gasteiger partial charge >= 0.3 is 0 Å². The summed E-state index contributed by atoms with van der Waals surface area (Å²) in [5.74, 6) is -0.829. The molecule has 8 heteroatoms. The topological polar surface area (TPSA) is 84.5 Å². The number of anilines is 1. The van der Waals surface area contributed by atoms with Gasteiger partial charge in [0.2, 0.25) is 5.91 Å². The van der Waals surface area contributed by atoms with Crippen molar-refractivity contribution in [3.8, 4) is 0 Å². The van der Waals surface area contributed by atoms with Crippen LogP contribution < -0.4 is 10.0 Å². The first-order valence-corrected chi connectivity index (χ1v) is 11.2. The van der Waals surface area contributed by atoms with E-state index in [0.29, 0.717) is 12.2 Å². The van der Waals surface area contributed by atoms with Gasteiger partial charge in [0.1, 0.15) is 10.7 Å². The van der Waals surface area contributed by atoms with Crippen molar-refractivity contribution in [3.05, 3.63) is 59.9 Å². The van der Waals surface area contributed by atoms with Crippen LogP contribution in [-0.4, -0.2) is 33.6 Å². The van der Waals surface area contributed by atoms with Gasteiger partial charge in [-0.15, -0.1) is 0 Å². The van der Waals surface area contributed by atoms with Crippen molar-refractivity contribution in [1.29, 1.82) is 0 Å². The summed E-state index contributed by atoms with van der Waals surface area (Å²) in [4.78, 5) is 12.3. The Hall–Kier alpha value is -2.45. The van der Waals surface area contributed by atoms with Crippen molar-refractivity contribution < 1.29 is 22.3 Å². The van der Waals surface area contributed by atoms with Crippen LogP contribution in [0.4, 0.5) is 10.1 Å². The number of hydrogen-bond donors (Lipinski definition) is 2. The third kappa shape index (κ3) is 4.13. The van der Waals surface area contributed by atoms with E-state index < -0.39 is 26.2 Å². The van der Waals surface area contributed by atoms with Crippen molar-refractivity contribution in [3.63, 3.8) is 0 Å². The number of nitrogens with one attached hydrogen (secondary N) is 2. The zero-order valence-corrected chi connectivity index (χ0v) is 16.7. The molecule has 2 fully saturated rings. The molecule has 2 N–H and O–H groups in total. The molecule has 1 saturated carbocycles. The molecule has 4 rings (SSSR count). The summed E-state index contributed by atoms with van der Waals surface area (Å²) in [6, 6.07) is 11.9. The quantitative estimate of drug-likeness (QED) is 0.724. The summed E-state index contributed by atoms with van der Waals surface area (Å²) in [5, 5.41) is 2.99. The van der Waals surface area contributed by atoms with Crippen LogP contribution in [0.3, 0.4) is 0 Å². The average Bonchev–Trinajstić information content (AvgIpc) is 3.35. The highest BCUT2D eigenvalue weighted by molar-refractivity contribution is 7.92. The number of carbonyl (C=O) groups excluding carboxylic acids is 1. The molecule has 0 unspecified atom stereocenters. The highest BCUT2D eigenvalue weighted by Crippen LogP contribution is 2.48. The lowest BCUT2D eigenvalue weighted by atomic mass is 9.94. The maximum Gasteiger partial charge on any atom is 0.264 e. The Labute approximate surface area is 169 Å². The summed E-state index contributed by atoms with van der Waals surface area (Å²) >= 11 is 0. The van der Waals surface area contributed by atoms with E-state index in [1.807, 2.05) is 0 Å². The van der Waals surface area contributed by atoms with E-state index in [2.05, 4.69) is 10.0 Å². The van der Waals surface area contributed by atoms with Gasteiger partial charge in [0, 0.05) is 18.8 Å². The molecular weight excluding hydrogens is 395 g/mol. The lowest BCUT2D eigenvalue weighted by Gasteiger charge is -2.18. The highest BCUT2D eigenvalue weighted by atomic mass is 32.2. The molecule has 0 spiro atoms. The average molecular weight is 418 g/mol. The fraction of sp³-hybridized carbons (Fsp3) is 0.381. The molecule has 1 aliphatic heterocycles. The van der Waals surface area contributed by atoms with Gasteiger partial charge in [0.15, 0.2) is 0 Å². The molecule has 1 amide bonds. The van der Waals surface area contributed by atoms with Crippen molar-refractivity contribution in [2.45, 2.75) is 42.1 Å². The third-order valence-corrected chi connectivity index (χ3v) is 6.93. The van der Waals surface area contributed by atoms with Gasteiger partial charge in [-0.2, -0.15) is 0 Å². The number of benzene rings is 2. The number of hydrogen-bond acceptors (Lipinski definition) is 4. The summed E-state index contributed by atoms with van der Waals surface area (Å²) in [6.07, 6.45) is 3.58.